The van der Waals surface area contributed by atoms with E-state index in [-0.39, 0.29) is 18.3 Å². The lowest BCUT2D eigenvalue weighted by Gasteiger charge is -2.09. The van der Waals surface area contributed by atoms with E-state index < -0.39 is 0 Å². The van der Waals surface area contributed by atoms with Crippen LogP contribution in [0.4, 0.5) is 0 Å². The maximum atomic E-state index is 11.9. The van der Waals surface area contributed by atoms with Gasteiger partial charge < -0.3 is 10.6 Å². The molecule has 0 unspecified atom stereocenters. The van der Waals surface area contributed by atoms with Gasteiger partial charge in [-0.05, 0) is 35.4 Å². The summed E-state index contributed by atoms with van der Waals surface area (Å²) in [5.74, 6) is 1.09. The number of nitrogens with one attached hydrogen (secondary N) is 2. The van der Waals surface area contributed by atoms with Gasteiger partial charge in [-0.1, -0.05) is 43.9 Å². The average Bonchev–Trinajstić information content (AvgIpc) is 3.15. The van der Waals surface area contributed by atoms with Crippen LogP contribution < -0.4 is 10.6 Å². The lowest BCUT2D eigenvalue weighted by atomic mass is 10.0. The Hall–Kier alpha value is -1.06. The van der Waals surface area contributed by atoms with Crippen molar-refractivity contribution in [3.05, 3.63) is 34.9 Å². The first-order chi connectivity index (χ1) is 10.3. The molecule has 0 saturated heterocycles. The summed E-state index contributed by atoms with van der Waals surface area (Å²) in [7, 11) is 0. The molecule has 2 aliphatic rings. The molecule has 4 heteroatoms. The maximum absolute atomic E-state index is 11.9. The van der Waals surface area contributed by atoms with Gasteiger partial charge in [-0.2, -0.15) is 0 Å². The quantitative estimate of drug-likeness (QED) is 0.838. The van der Waals surface area contributed by atoms with Gasteiger partial charge in [-0.3, -0.25) is 4.79 Å². The zero-order chi connectivity index (χ0) is 14.5. The van der Waals surface area contributed by atoms with Gasteiger partial charge in [0.15, 0.2) is 0 Å². The molecule has 3 nitrogen and oxygen atoms in total. The summed E-state index contributed by atoms with van der Waals surface area (Å²) in [6.07, 6.45) is 8.51. The van der Waals surface area contributed by atoms with Crippen molar-refractivity contribution < 1.29 is 4.79 Å². The van der Waals surface area contributed by atoms with Crippen molar-refractivity contribution >= 4 is 18.3 Å². The summed E-state index contributed by atoms with van der Waals surface area (Å²) in [6.45, 7) is 2.59. The third kappa shape index (κ3) is 4.72. The highest BCUT2D eigenvalue weighted by atomic mass is 35.5. The van der Waals surface area contributed by atoms with Gasteiger partial charge in [0, 0.05) is 26.1 Å². The zero-order valence-corrected chi connectivity index (χ0v) is 14.0. The van der Waals surface area contributed by atoms with E-state index in [0.29, 0.717) is 13.0 Å². The van der Waals surface area contributed by atoms with Crippen molar-refractivity contribution in [3.8, 4) is 0 Å². The number of amides is 1. The Balaban J connectivity index is 0.00000176. The molecule has 1 aromatic rings. The molecule has 0 spiro atoms. The highest BCUT2D eigenvalue weighted by Gasteiger charge is 2.15. The summed E-state index contributed by atoms with van der Waals surface area (Å²) in [4.78, 5) is 11.9. The number of carbonyl (C=O) groups excluding carboxylic acids is 1. The van der Waals surface area contributed by atoms with Crippen molar-refractivity contribution in [2.45, 2.75) is 64.6 Å². The Kier molecular flexibility index (Phi) is 6.71. The van der Waals surface area contributed by atoms with Crippen LogP contribution in [-0.4, -0.2) is 5.91 Å². The monoisotopic (exact) mass is 322 g/mol. The van der Waals surface area contributed by atoms with E-state index in [9.17, 15) is 4.79 Å². The zero-order valence-electron chi connectivity index (χ0n) is 13.2. The second-order valence-electron chi connectivity index (χ2n) is 6.53. The highest BCUT2D eigenvalue weighted by Crippen LogP contribution is 2.28. The molecular formula is C18H27ClN2O. The molecule has 1 amide bonds. The molecule has 0 aromatic heterocycles. The van der Waals surface area contributed by atoms with E-state index in [1.54, 1.807) is 0 Å². The van der Waals surface area contributed by atoms with Gasteiger partial charge in [-0.15, -0.1) is 12.4 Å². The van der Waals surface area contributed by atoms with Gasteiger partial charge in [0.2, 0.25) is 5.91 Å². The Morgan fingerprint density at radius 1 is 1.18 bits per heavy atom. The molecule has 0 bridgehead atoms. The lowest BCUT2D eigenvalue weighted by molar-refractivity contribution is -0.121. The average molecular weight is 323 g/mol. The maximum Gasteiger partial charge on any atom is 0.220 e. The van der Waals surface area contributed by atoms with E-state index in [0.717, 1.165) is 25.4 Å². The number of fused-ring (bicyclic) bond motifs is 1. The van der Waals surface area contributed by atoms with Crippen molar-refractivity contribution in [2.24, 2.45) is 5.92 Å². The predicted molar refractivity (Wildman–Crippen MR) is 91.9 cm³/mol. The Bertz CT molecular complexity index is 498. The van der Waals surface area contributed by atoms with Crippen LogP contribution in [0.5, 0.6) is 0 Å². The molecule has 22 heavy (non-hydrogen) atoms. The van der Waals surface area contributed by atoms with Crippen molar-refractivity contribution in [3.63, 3.8) is 0 Å². The van der Waals surface area contributed by atoms with E-state index in [4.69, 9.17) is 0 Å². The van der Waals surface area contributed by atoms with Crippen molar-refractivity contribution in [1.82, 2.24) is 10.6 Å². The molecule has 1 aliphatic carbocycles. The number of carbonyl (C=O) groups is 1. The Morgan fingerprint density at radius 2 is 1.95 bits per heavy atom. The number of hydrogen-bond acceptors (Lipinski definition) is 2. The molecule has 1 fully saturated rings. The molecular weight excluding hydrogens is 296 g/mol. The number of halogens is 1. The van der Waals surface area contributed by atoms with Crippen molar-refractivity contribution in [2.75, 3.05) is 0 Å². The van der Waals surface area contributed by atoms with Crippen LogP contribution in [0.2, 0.25) is 0 Å². The molecule has 1 aliphatic heterocycles. The van der Waals surface area contributed by atoms with Crippen LogP contribution in [0, 0.1) is 5.92 Å². The second-order valence-corrected chi connectivity index (χ2v) is 6.53. The number of hydrogen-bond donors (Lipinski definition) is 2. The first kappa shape index (κ1) is 17.3. The number of rotatable bonds is 6. The predicted octanol–water partition coefficient (Wildman–Crippen LogP) is 3.69. The van der Waals surface area contributed by atoms with Crippen LogP contribution in [0.1, 0.15) is 61.6 Å². The molecule has 1 aromatic carbocycles. The fourth-order valence-corrected chi connectivity index (χ4v) is 3.60. The largest absolute Gasteiger partial charge is 0.352 e. The summed E-state index contributed by atoms with van der Waals surface area (Å²) in [5, 5.41) is 6.40. The summed E-state index contributed by atoms with van der Waals surface area (Å²) in [5.41, 5.74) is 3.98. The van der Waals surface area contributed by atoms with Crippen LogP contribution in [0.15, 0.2) is 18.2 Å². The third-order valence-corrected chi connectivity index (χ3v) is 4.88. The standard InChI is InChI=1S/C18H26N2O.ClH/c21-18(7-3-6-14-4-1-2-5-14)20-11-15-8-9-16-12-19-13-17(16)10-15;/h8-10,14,19H,1-7,11-13H2,(H,20,21);1H. The van der Waals surface area contributed by atoms with Crippen LogP contribution in [-0.2, 0) is 24.4 Å². The first-order valence-electron chi connectivity index (χ1n) is 8.39. The van der Waals surface area contributed by atoms with Gasteiger partial charge in [0.25, 0.3) is 0 Å². The fraction of sp³-hybridized carbons (Fsp3) is 0.611. The Labute approximate surface area is 139 Å². The molecule has 0 atom stereocenters. The SMILES string of the molecule is Cl.O=C(CCCC1CCCC1)NCc1ccc2c(c1)CNC2. The topological polar surface area (TPSA) is 41.1 Å². The van der Waals surface area contributed by atoms with E-state index in [1.165, 1.54) is 48.8 Å². The van der Waals surface area contributed by atoms with Crippen LogP contribution >= 0.6 is 12.4 Å². The van der Waals surface area contributed by atoms with Crippen molar-refractivity contribution in [1.29, 1.82) is 0 Å². The first-order valence-corrected chi connectivity index (χ1v) is 8.39. The minimum Gasteiger partial charge on any atom is -0.352 e. The number of benzene rings is 1. The second kappa shape index (κ2) is 8.54. The van der Waals surface area contributed by atoms with E-state index >= 15 is 0 Å². The van der Waals surface area contributed by atoms with Gasteiger partial charge >= 0.3 is 0 Å². The molecule has 1 heterocycles. The molecule has 0 radical (unpaired) electrons. The van der Waals surface area contributed by atoms with E-state index in [1.807, 2.05) is 0 Å². The minimum atomic E-state index is 0. The lowest BCUT2D eigenvalue weighted by Crippen LogP contribution is -2.22. The molecule has 3 rings (SSSR count). The van der Waals surface area contributed by atoms with Gasteiger partial charge in [0.05, 0.1) is 0 Å². The fourth-order valence-electron chi connectivity index (χ4n) is 3.60. The normalized spacial score (nSPS) is 17.1. The van der Waals surface area contributed by atoms with E-state index in [2.05, 4.69) is 28.8 Å². The smallest absolute Gasteiger partial charge is 0.220 e. The summed E-state index contributed by atoms with van der Waals surface area (Å²) in [6, 6.07) is 6.52. The minimum absolute atomic E-state index is 0. The summed E-state index contributed by atoms with van der Waals surface area (Å²) < 4.78 is 0. The van der Waals surface area contributed by atoms with Crippen LogP contribution in [0.3, 0.4) is 0 Å². The molecule has 122 valence electrons. The summed E-state index contributed by atoms with van der Waals surface area (Å²) >= 11 is 0. The van der Waals surface area contributed by atoms with Crippen LogP contribution in [0.25, 0.3) is 0 Å². The highest BCUT2D eigenvalue weighted by molar-refractivity contribution is 5.85. The Morgan fingerprint density at radius 3 is 2.77 bits per heavy atom. The molecule has 2 N–H and O–H groups in total. The van der Waals surface area contributed by atoms with Gasteiger partial charge in [0.1, 0.15) is 0 Å². The third-order valence-electron chi connectivity index (χ3n) is 4.88. The van der Waals surface area contributed by atoms with Gasteiger partial charge in [-0.25, -0.2) is 0 Å². The molecule has 1 saturated carbocycles.